The molecule has 15 heavy (non-hydrogen) atoms. The van der Waals surface area contributed by atoms with Crippen LogP contribution in [0, 0.1) is 5.92 Å². The highest BCUT2D eigenvalue weighted by Crippen LogP contribution is 2.33. The first-order chi connectivity index (χ1) is 7.01. The van der Waals surface area contributed by atoms with Gasteiger partial charge in [0.05, 0.1) is 5.60 Å². The molecule has 2 nitrogen and oxygen atoms in total. The second-order valence-corrected chi connectivity index (χ2v) is 5.88. The highest BCUT2D eigenvalue weighted by molar-refractivity contribution is 14.1. The zero-order valence-electron chi connectivity index (χ0n) is 9.67. The summed E-state index contributed by atoms with van der Waals surface area (Å²) in [4.78, 5) is 0. The Morgan fingerprint density at radius 3 is 2.80 bits per heavy atom. The van der Waals surface area contributed by atoms with E-state index in [1.165, 1.54) is 0 Å². The number of halogens is 1. The van der Waals surface area contributed by atoms with Crippen molar-refractivity contribution in [1.82, 2.24) is 5.32 Å². The molecule has 0 radical (unpaired) electrons. The van der Waals surface area contributed by atoms with Crippen LogP contribution in [0.4, 0.5) is 0 Å². The van der Waals surface area contributed by atoms with Crippen LogP contribution in [-0.4, -0.2) is 27.2 Å². The fourth-order valence-electron chi connectivity index (χ4n) is 2.40. The van der Waals surface area contributed by atoms with E-state index >= 15 is 0 Å². The second-order valence-electron chi connectivity index (χ2n) is 5.00. The molecule has 0 amide bonds. The van der Waals surface area contributed by atoms with Gasteiger partial charge in [-0.2, -0.15) is 0 Å². The molecule has 2 N–H and O–H groups in total. The molecule has 0 spiro atoms. The number of aliphatic hydroxyl groups is 1. The molecule has 0 aromatic carbocycles. The average molecular weight is 323 g/mol. The minimum Gasteiger partial charge on any atom is -0.388 e. The van der Waals surface area contributed by atoms with Crippen molar-refractivity contribution in [2.45, 2.75) is 50.8 Å². The molecule has 88 valence electrons. The first-order valence-electron chi connectivity index (χ1n) is 5.67. The summed E-state index contributed by atoms with van der Waals surface area (Å²) in [5.74, 6) is 0.617. The summed E-state index contributed by atoms with van der Waals surface area (Å²) in [6, 6.07) is 0.689. The number of nitrogens with one attached hydrogen (secondary N) is 1. The van der Waals surface area contributed by atoms with Gasteiger partial charge in [-0.1, -0.05) is 42.5 Å². The van der Waals surface area contributed by atoms with Crippen molar-refractivity contribution in [3.05, 3.63) is 12.7 Å². The Balaban J connectivity index is 2.68. The van der Waals surface area contributed by atoms with E-state index in [1.807, 2.05) is 6.08 Å². The van der Waals surface area contributed by atoms with Gasteiger partial charge < -0.3 is 10.4 Å². The SMILES string of the molecule is C=CCC1(O)CC(CI)NC1CC(C)C. The predicted octanol–water partition coefficient (Wildman–Crippen LogP) is 2.51. The molecule has 0 aliphatic carbocycles. The van der Waals surface area contributed by atoms with Crippen molar-refractivity contribution in [2.75, 3.05) is 4.43 Å². The molecule has 0 aromatic heterocycles. The summed E-state index contributed by atoms with van der Waals surface area (Å²) < 4.78 is 1.06. The average Bonchev–Trinajstić information content (AvgIpc) is 2.43. The smallest absolute Gasteiger partial charge is 0.0849 e. The summed E-state index contributed by atoms with van der Waals surface area (Å²) in [5.41, 5.74) is -0.568. The first-order valence-corrected chi connectivity index (χ1v) is 7.19. The van der Waals surface area contributed by atoms with E-state index in [0.717, 1.165) is 17.3 Å². The highest BCUT2D eigenvalue weighted by atomic mass is 127. The van der Waals surface area contributed by atoms with Crippen molar-refractivity contribution in [3.63, 3.8) is 0 Å². The van der Waals surface area contributed by atoms with Crippen molar-refractivity contribution >= 4 is 22.6 Å². The van der Waals surface area contributed by atoms with Crippen molar-refractivity contribution in [1.29, 1.82) is 0 Å². The van der Waals surface area contributed by atoms with Crippen LogP contribution in [0.15, 0.2) is 12.7 Å². The molecule has 3 heteroatoms. The van der Waals surface area contributed by atoms with Crippen molar-refractivity contribution in [2.24, 2.45) is 5.92 Å². The van der Waals surface area contributed by atoms with Gasteiger partial charge in [-0.3, -0.25) is 0 Å². The minimum atomic E-state index is -0.568. The molecule has 0 aromatic rings. The van der Waals surface area contributed by atoms with Crippen LogP contribution >= 0.6 is 22.6 Å². The Kier molecular flexibility index (Phi) is 5.06. The Bertz CT molecular complexity index is 220. The monoisotopic (exact) mass is 323 g/mol. The van der Waals surface area contributed by atoms with Gasteiger partial charge in [-0.15, -0.1) is 6.58 Å². The summed E-state index contributed by atoms with van der Waals surface area (Å²) in [6.45, 7) is 8.15. The number of alkyl halides is 1. The Hall–Kier alpha value is 0.390. The lowest BCUT2D eigenvalue weighted by Gasteiger charge is -2.29. The van der Waals surface area contributed by atoms with E-state index in [2.05, 4.69) is 48.3 Å². The van der Waals surface area contributed by atoms with Crippen LogP contribution in [0.1, 0.15) is 33.1 Å². The van der Waals surface area contributed by atoms with Gasteiger partial charge in [0.15, 0.2) is 0 Å². The third kappa shape index (κ3) is 3.43. The van der Waals surface area contributed by atoms with Crippen molar-refractivity contribution in [3.8, 4) is 0 Å². The third-order valence-electron chi connectivity index (χ3n) is 3.08. The molecule has 1 heterocycles. The van der Waals surface area contributed by atoms with Crippen LogP contribution in [0.3, 0.4) is 0 Å². The molecule has 3 unspecified atom stereocenters. The van der Waals surface area contributed by atoms with Gasteiger partial charge in [0.1, 0.15) is 0 Å². The van der Waals surface area contributed by atoms with Crippen LogP contribution in [0.25, 0.3) is 0 Å². The summed E-state index contributed by atoms with van der Waals surface area (Å²) in [5, 5.41) is 14.1. The fourth-order valence-corrected chi connectivity index (χ4v) is 2.97. The van der Waals surface area contributed by atoms with E-state index in [4.69, 9.17) is 0 Å². The quantitative estimate of drug-likeness (QED) is 0.463. The summed E-state index contributed by atoms with van der Waals surface area (Å²) in [7, 11) is 0. The van der Waals surface area contributed by atoms with Gasteiger partial charge in [0.25, 0.3) is 0 Å². The van der Waals surface area contributed by atoms with Crippen LogP contribution in [-0.2, 0) is 0 Å². The van der Waals surface area contributed by atoms with E-state index in [0.29, 0.717) is 18.4 Å². The molecule has 1 saturated heterocycles. The molecule has 1 aliphatic heterocycles. The minimum absolute atomic E-state index is 0.232. The predicted molar refractivity (Wildman–Crippen MR) is 73.4 cm³/mol. The normalized spacial score (nSPS) is 36.1. The highest BCUT2D eigenvalue weighted by Gasteiger charge is 2.44. The maximum Gasteiger partial charge on any atom is 0.0849 e. The lowest BCUT2D eigenvalue weighted by molar-refractivity contribution is 0.0236. The molecular weight excluding hydrogens is 301 g/mol. The van der Waals surface area contributed by atoms with Gasteiger partial charge >= 0.3 is 0 Å². The topological polar surface area (TPSA) is 32.3 Å². The first kappa shape index (κ1) is 13.5. The summed E-state index contributed by atoms with van der Waals surface area (Å²) >= 11 is 2.38. The van der Waals surface area contributed by atoms with E-state index in [-0.39, 0.29) is 6.04 Å². The lowest BCUT2D eigenvalue weighted by Crippen LogP contribution is -2.43. The number of hydrogen-bond acceptors (Lipinski definition) is 2. The molecule has 1 rings (SSSR count). The summed E-state index contributed by atoms with van der Waals surface area (Å²) in [6.07, 6.45) is 4.44. The molecule has 3 atom stereocenters. The zero-order valence-corrected chi connectivity index (χ0v) is 11.8. The van der Waals surface area contributed by atoms with Gasteiger partial charge in [0.2, 0.25) is 0 Å². The van der Waals surface area contributed by atoms with Crippen LogP contribution < -0.4 is 5.32 Å². The largest absolute Gasteiger partial charge is 0.388 e. The van der Waals surface area contributed by atoms with Crippen molar-refractivity contribution < 1.29 is 5.11 Å². The molecular formula is C12H22INO. The van der Waals surface area contributed by atoms with Crippen LogP contribution in [0.2, 0.25) is 0 Å². The number of rotatable bonds is 5. The van der Waals surface area contributed by atoms with E-state index in [1.54, 1.807) is 0 Å². The Morgan fingerprint density at radius 2 is 2.33 bits per heavy atom. The van der Waals surface area contributed by atoms with E-state index in [9.17, 15) is 5.11 Å². The standard InChI is InChI=1S/C12H22INO/c1-4-5-12(15)7-10(8-13)14-11(12)6-9(2)3/h4,9-11,14-15H,1,5-8H2,2-3H3. The maximum absolute atomic E-state index is 10.6. The lowest BCUT2D eigenvalue weighted by atomic mass is 9.85. The Morgan fingerprint density at radius 1 is 1.67 bits per heavy atom. The molecule has 1 fully saturated rings. The van der Waals surface area contributed by atoms with E-state index < -0.39 is 5.60 Å². The van der Waals surface area contributed by atoms with Gasteiger partial charge in [-0.05, 0) is 25.2 Å². The fraction of sp³-hybridized carbons (Fsp3) is 0.833. The van der Waals surface area contributed by atoms with Gasteiger partial charge in [0, 0.05) is 16.5 Å². The molecule has 0 bridgehead atoms. The number of hydrogen-bond donors (Lipinski definition) is 2. The molecule has 1 aliphatic rings. The second kappa shape index (κ2) is 5.64. The Labute approximate surface area is 107 Å². The maximum atomic E-state index is 10.6. The molecule has 0 saturated carbocycles. The van der Waals surface area contributed by atoms with Crippen LogP contribution in [0.5, 0.6) is 0 Å². The third-order valence-corrected chi connectivity index (χ3v) is 4.14. The van der Waals surface area contributed by atoms with Gasteiger partial charge in [-0.25, -0.2) is 0 Å². The zero-order chi connectivity index (χ0) is 11.5.